The molecule has 0 saturated carbocycles. The Hall–Kier alpha value is -2.76. The second-order valence-electron chi connectivity index (χ2n) is 8.33. The Morgan fingerprint density at radius 2 is 1.73 bits per heavy atom. The summed E-state index contributed by atoms with van der Waals surface area (Å²) in [5, 5.41) is 3.71. The molecule has 0 aromatic heterocycles. The smallest absolute Gasteiger partial charge is 0.251 e. The highest BCUT2D eigenvalue weighted by molar-refractivity contribution is 8.00. The predicted molar refractivity (Wildman–Crippen MR) is 135 cm³/mol. The van der Waals surface area contributed by atoms with Crippen LogP contribution in [0.1, 0.15) is 45.8 Å². The number of aryl methyl sites for hydroxylation is 1. The van der Waals surface area contributed by atoms with Crippen LogP contribution in [0.2, 0.25) is 5.02 Å². The number of nitrogens with zero attached hydrogens (tertiary/aromatic N) is 1. The molecule has 6 heteroatoms. The van der Waals surface area contributed by atoms with Crippen molar-refractivity contribution in [3.05, 3.63) is 106 Å². The Morgan fingerprint density at radius 1 is 1.03 bits per heavy atom. The van der Waals surface area contributed by atoms with Crippen LogP contribution in [0.25, 0.3) is 0 Å². The molecule has 4 rings (SSSR count). The molecule has 1 N–H and O–H groups in total. The largest absolute Gasteiger partial charge is 0.350 e. The Labute approximate surface area is 204 Å². The lowest BCUT2D eigenvalue weighted by molar-refractivity contribution is -0.128. The van der Waals surface area contributed by atoms with Gasteiger partial charge in [-0.1, -0.05) is 66.2 Å². The van der Waals surface area contributed by atoms with Crippen LogP contribution in [0.15, 0.2) is 78.9 Å². The van der Waals surface area contributed by atoms with E-state index in [2.05, 4.69) is 17.4 Å². The Bertz CT molecular complexity index is 1090. The highest BCUT2D eigenvalue weighted by Crippen LogP contribution is 2.39. The quantitative estimate of drug-likeness (QED) is 0.440. The summed E-state index contributed by atoms with van der Waals surface area (Å²) < 4.78 is 0. The number of hydrogen-bond acceptors (Lipinski definition) is 3. The molecular formula is C27H27ClN2O2S. The molecule has 2 amide bonds. The second kappa shape index (κ2) is 10.9. The zero-order chi connectivity index (χ0) is 23.2. The summed E-state index contributed by atoms with van der Waals surface area (Å²) in [5.74, 6) is 0.503. The number of nitrogens with one attached hydrogen (secondary N) is 1. The number of amides is 2. The van der Waals surface area contributed by atoms with E-state index in [1.807, 2.05) is 78.6 Å². The van der Waals surface area contributed by atoms with Crippen LogP contribution in [-0.4, -0.2) is 28.5 Å². The van der Waals surface area contributed by atoms with Gasteiger partial charge in [-0.25, -0.2) is 0 Å². The molecule has 1 saturated heterocycles. The van der Waals surface area contributed by atoms with Crippen molar-refractivity contribution in [3.8, 4) is 0 Å². The monoisotopic (exact) mass is 478 g/mol. The van der Waals surface area contributed by atoms with Gasteiger partial charge in [0.1, 0.15) is 5.37 Å². The molecule has 4 nitrogen and oxygen atoms in total. The maximum Gasteiger partial charge on any atom is 0.251 e. The van der Waals surface area contributed by atoms with Crippen LogP contribution < -0.4 is 5.32 Å². The summed E-state index contributed by atoms with van der Waals surface area (Å²) in [5.41, 5.74) is 3.97. The van der Waals surface area contributed by atoms with E-state index in [1.54, 1.807) is 11.8 Å². The van der Waals surface area contributed by atoms with Gasteiger partial charge in [0.2, 0.25) is 5.91 Å². The van der Waals surface area contributed by atoms with E-state index < -0.39 is 0 Å². The molecule has 1 aliphatic heterocycles. The summed E-state index contributed by atoms with van der Waals surface area (Å²) in [6, 6.07) is 25.5. The Kier molecular flexibility index (Phi) is 7.73. The van der Waals surface area contributed by atoms with Crippen LogP contribution in [0.4, 0.5) is 0 Å². The van der Waals surface area contributed by atoms with Crippen molar-refractivity contribution in [2.75, 3.05) is 5.75 Å². The average Bonchev–Trinajstić information content (AvgIpc) is 3.20. The van der Waals surface area contributed by atoms with Crippen LogP contribution in [0, 0.1) is 0 Å². The third-order valence-corrected chi connectivity index (χ3v) is 7.29. The summed E-state index contributed by atoms with van der Waals surface area (Å²) in [6.45, 7) is 2.57. The van der Waals surface area contributed by atoms with Gasteiger partial charge in [-0.3, -0.25) is 9.59 Å². The number of thioether (sulfide) groups is 1. The Balaban J connectivity index is 1.35. The predicted octanol–water partition coefficient (Wildman–Crippen LogP) is 5.87. The van der Waals surface area contributed by atoms with Gasteiger partial charge in [0, 0.05) is 23.2 Å². The number of hydrogen-bond donors (Lipinski definition) is 1. The third kappa shape index (κ3) is 6.18. The third-order valence-electron chi connectivity index (χ3n) is 5.78. The van der Waals surface area contributed by atoms with Gasteiger partial charge >= 0.3 is 0 Å². The Morgan fingerprint density at radius 3 is 2.42 bits per heavy atom. The maximum absolute atomic E-state index is 12.7. The van der Waals surface area contributed by atoms with Crippen molar-refractivity contribution in [3.63, 3.8) is 0 Å². The van der Waals surface area contributed by atoms with Gasteiger partial charge in [-0.05, 0) is 60.7 Å². The molecule has 3 aromatic rings. The number of rotatable bonds is 8. The number of halogens is 1. The van der Waals surface area contributed by atoms with E-state index in [9.17, 15) is 9.59 Å². The molecule has 0 radical (unpaired) electrons. The van der Waals surface area contributed by atoms with Crippen molar-refractivity contribution in [1.29, 1.82) is 0 Å². The molecule has 1 heterocycles. The standard InChI is InChI=1S/C27H27ClN2O2S/c1-19(7-8-20-5-3-2-4-6-20)29-26(32)22-11-13-23(14-12-22)27-30(25(31)18-33-27)17-21-9-15-24(28)16-10-21/h2-6,9-16,19,27H,7-8,17-18H2,1H3,(H,29,32)/t19-,27-/m0/s1. The average molecular weight is 479 g/mol. The highest BCUT2D eigenvalue weighted by Gasteiger charge is 2.32. The van der Waals surface area contributed by atoms with Gasteiger partial charge in [-0.2, -0.15) is 0 Å². The fourth-order valence-corrected chi connectivity index (χ4v) is 5.21. The minimum absolute atomic E-state index is 0.0601. The lowest BCUT2D eigenvalue weighted by atomic mass is 10.1. The zero-order valence-corrected chi connectivity index (χ0v) is 20.1. The number of carbonyl (C=O) groups excluding carboxylic acids is 2. The van der Waals surface area contributed by atoms with Crippen molar-refractivity contribution >= 4 is 35.2 Å². The summed E-state index contributed by atoms with van der Waals surface area (Å²) in [7, 11) is 0. The SMILES string of the molecule is C[C@@H](CCc1ccccc1)NC(=O)c1ccc([C@@H]2SCC(=O)N2Cc2ccc(Cl)cc2)cc1. The first-order chi connectivity index (χ1) is 16.0. The van der Waals surface area contributed by atoms with E-state index in [4.69, 9.17) is 11.6 Å². The molecule has 3 aromatic carbocycles. The van der Waals surface area contributed by atoms with Crippen molar-refractivity contribution in [2.45, 2.75) is 37.7 Å². The van der Waals surface area contributed by atoms with Crippen molar-refractivity contribution in [2.24, 2.45) is 0 Å². The van der Waals surface area contributed by atoms with Crippen LogP contribution in [0.5, 0.6) is 0 Å². The summed E-state index contributed by atoms with van der Waals surface area (Å²) >= 11 is 7.59. The van der Waals surface area contributed by atoms with Gasteiger partial charge < -0.3 is 10.2 Å². The fraction of sp³-hybridized carbons (Fsp3) is 0.259. The molecule has 0 spiro atoms. The molecule has 0 aliphatic carbocycles. The maximum atomic E-state index is 12.7. The first kappa shape index (κ1) is 23.4. The zero-order valence-electron chi connectivity index (χ0n) is 18.5. The van der Waals surface area contributed by atoms with Gasteiger partial charge in [0.05, 0.1) is 5.75 Å². The van der Waals surface area contributed by atoms with Crippen molar-refractivity contribution in [1.82, 2.24) is 10.2 Å². The lowest BCUT2D eigenvalue weighted by Crippen LogP contribution is -2.33. The normalized spacial score (nSPS) is 16.6. The number of benzene rings is 3. The van der Waals surface area contributed by atoms with Gasteiger partial charge in [0.15, 0.2) is 0 Å². The second-order valence-corrected chi connectivity index (χ2v) is 9.84. The molecule has 33 heavy (non-hydrogen) atoms. The molecule has 2 atom stereocenters. The minimum atomic E-state index is -0.0738. The molecule has 0 unspecified atom stereocenters. The first-order valence-electron chi connectivity index (χ1n) is 11.1. The van der Waals surface area contributed by atoms with E-state index >= 15 is 0 Å². The van der Waals surface area contributed by atoms with E-state index in [0.717, 1.165) is 24.0 Å². The topological polar surface area (TPSA) is 49.4 Å². The van der Waals surface area contributed by atoms with Crippen LogP contribution in [0.3, 0.4) is 0 Å². The molecular weight excluding hydrogens is 452 g/mol. The molecule has 1 aliphatic rings. The van der Waals surface area contributed by atoms with Crippen LogP contribution in [-0.2, 0) is 17.8 Å². The van der Waals surface area contributed by atoms with E-state index in [1.165, 1.54) is 5.56 Å². The van der Waals surface area contributed by atoms with Crippen LogP contribution >= 0.6 is 23.4 Å². The first-order valence-corrected chi connectivity index (χ1v) is 12.5. The van der Waals surface area contributed by atoms with E-state index in [0.29, 0.717) is 22.9 Å². The fourth-order valence-electron chi connectivity index (χ4n) is 3.89. The van der Waals surface area contributed by atoms with E-state index in [-0.39, 0.29) is 23.2 Å². The van der Waals surface area contributed by atoms with Gasteiger partial charge in [-0.15, -0.1) is 11.8 Å². The van der Waals surface area contributed by atoms with Crippen molar-refractivity contribution < 1.29 is 9.59 Å². The molecule has 1 fully saturated rings. The van der Waals surface area contributed by atoms with Gasteiger partial charge in [0.25, 0.3) is 5.91 Å². The number of carbonyl (C=O) groups is 2. The summed E-state index contributed by atoms with van der Waals surface area (Å²) in [4.78, 5) is 27.1. The summed E-state index contributed by atoms with van der Waals surface area (Å²) in [6.07, 6.45) is 1.81. The lowest BCUT2D eigenvalue weighted by Gasteiger charge is -2.24. The minimum Gasteiger partial charge on any atom is -0.350 e. The molecule has 170 valence electrons. The molecule has 0 bridgehead atoms. The highest BCUT2D eigenvalue weighted by atomic mass is 35.5.